The molecule has 2 aromatic carbocycles. The van der Waals surface area contributed by atoms with E-state index < -0.39 is 0 Å². The first-order valence-corrected chi connectivity index (χ1v) is 10.8. The van der Waals surface area contributed by atoms with Crippen molar-refractivity contribution < 1.29 is 4.79 Å². The number of imidazole rings is 1. The second-order valence-corrected chi connectivity index (χ2v) is 8.12. The Morgan fingerprint density at radius 1 is 1.10 bits per heavy atom. The van der Waals surface area contributed by atoms with E-state index in [1.165, 1.54) is 11.3 Å². The Hall–Kier alpha value is -3.08. The van der Waals surface area contributed by atoms with Crippen LogP contribution in [-0.2, 0) is 13.0 Å². The SMILES string of the molecule is Cc1cnc(-c2ccccc2)n1CC1CCCN(C(=O)NCCc2ccccc2)C1. The summed E-state index contributed by atoms with van der Waals surface area (Å²) >= 11 is 0. The molecular formula is C25H30N4O. The molecule has 1 saturated heterocycles. The van der Waals surface area contributed by atoms with E-state index in [0.717, 1.165) is 50.3 Å². The van der Waals surface area contributed by atoms with E-state index in [-0.39, 0.29) is 6.03 Å². The number of hydrogen-bond donors (Lipinski definition) is 1. The number of carbonyl (C=O) groups excluding carboxylic acids is 1. The van der Waals surface area contributed by atoms with Gasteiger partial charge in [0.1, 0.15) is 5.82 Å². The van der Waals surface area contributed by atoms with E-state index in [1.54, 1.807) is 0 Å². The summed E-state index contributed by atoms with van der Waals surface area (Å²) in [4.78, 5) is 19.3. The molecule has 1 aliphatic rings. The van der Waals surface area contributed by atoms with Crippen molar-refractivity contribution in [2.75, 3.05) is 19.6 Å². The van der Waals surface area contributed by atoms with Crippen LogP contribution in [0.4, 0.5) is 4.79 Å². The standard InChI is InChI=1S/C25H30N4O/c1-20-17-27-24(23-12-6-3-7-13-23)29(20)19-22-11-8-16-28(18-22)25(30)26-15-14-21-9-4-2-5-10-21/h2-7,9-10,12-13,17,22H,8,11,14-16,18-19H2,1H3,(H,26,30). The fraction of sp³-hybridized carbons (Fsp3) is 0.360. The van der Waals surface area contributed by atoms with Gasteiger partial charge < -0.3 is 14.8 Å². The fourth-order valence-corrected chi connectivity index (χ4v) is 4.24. The minimum Gasteiger partial charge on any atom is -0.338 e. The third-order valence-electron chi connectivity index (χ3n) is 5.87. The maximum absolute atomic E-state index is 12.7. The van der Waals surface area contributed by atoms with E-state index in [4.69, 9.17) is 0 Å². The highest BCUT2D eigenvalue weighted by atomic mass is 16.2. The first kappa shape index (κ1) is 20.2. The van der Waals surface area contributed by atoms with Crippen LogP contribution in [0.2, 0.25) is 0 Å². The van der Waals surface area contributed by atoms with Crippen LogP contribution in [0, 0.1) is 12.8 Å². The molecule has 0 saturated carbocycles. The molecule has 0 radical (unpaired) electrons. The number of aryl methyl sites for hydroxylation is 1. The fourth-order valence-electron chi connectivity index (χ4n) is 4.24. The highest BCUT2D eigenvalue weighted by Gasteiger charge is 2.25. The molecule has 2 amide bonds. The Balaban J connectivity index is 1.34. The number of nitrogens with zero attached hydrogens (tertiary/aromatic N) is 3. The lowest BCUT2D eigenvalue weighted by atomic mass is 9.98. The van der Waals surface area contributed by atoms with Gasteiger partial charge in [-0.2, -0.15) is 0 Å². The third kappa shape index (κ3) is 4.90. The number of likely N-dealkylation sites (tertiary alicyclic amines) is 1. The second-order valence-electron chi connectivity index (χ2n) is 8.12. The van der Waals surface area contributed by atoms with Gasteiger partial charge in [-0.25, -0.2) is 9.78 Å². The Morgan fingerprint density at radius 3 is 2.60 bits per heavy atom. The predicted molar refractivity (Wildman–Crippen MR) is 120 cm³/mol. The van der Waals surface area contributed by atoms with Crippen LogP contribution < -0.4 is 5.32 Å². The first-order valence-electron chi connectivity index (χ1n) is 10.8. The van der Waals surface area contributed by atoms with Crippen LogP contribution >= 0.6 is 0 Å². The average molecular weight is 403 g/mol. The molecule has 5 nitrogen and oxygen atoms in total. The smallest absolute Gasteiger partial charge is 0.317 e. The molecule has 30 heavy (non-hydrogen) atoms. The summed E-state index contributed by atoms with van der Waals surface area (Å²) in [6, 6.07) is 20.7. The molecular weight excluding hydrogens is 372 g/mol. The summed E-state index contributed by atoms with van der Waals surface area (Å²) in [5.74, 6) is 1.45. The summed E-state index contributed by atoms with van der Waals surface area (Å²) in [6.07, 6.45) is 4.99. The van der Waals surface area contributed by atoms with Gasteiger partial charge in [0.05, 0.1) is 0 Å². The van der Waals surface area contributed by atoms with Crippen molar-refractivity contribution in [3.05, 3.63) is 78.1 Å². The number of rotatable bonds is 6. The number of urea groups is 1. The number of nitrogens with one attached hydrogen (secondary N) is 1. The molecule has 4 rings (SSSR count). The van der Waals surface area contributed by atoms with Crippen LogP contribution in [0.1, 0.15) is 24.1 Å². The summed E-state index contributed by atoms with van der Waals surface area (Å²) < 4.78 is 2.30. The third-order valence-corrected chi connectivity index (χ3v) is 5.87. The zero-order valence-corrected chi connectivity index (χ0v) is 17.6. The minimum atomic E-state index is 0.0567. The molecule has 1 unspecified atom stereocenters. The molecule has 1 N–H and O–H groups in total. The monoisotopic (exact) mass is 402 g/mol. The molecule has 1 fully saturated rings. The lowest BCUT2D eigenvalue weighted by Gasteiger charge is -2.33. The summed E-state index contributed by atoms with van der Waals surface area (Å²) in [5.41, 5.74) is 3.55. The van der Waals surface area contributed by atoms with E-state index in [2.05, 4.69) is 46.1 Å². The number of benzene rings is 2. The largest absolute Gasteiger partial charge is 0.338 e. The van der Waals surface area contributed by atoms with E-state index in [1.807, 2.05) is 47.5 Å². The zero-order valence-electron chi connectivity index (χ0n) is 17.6. The highest BCUT2D eigenvalue weighted by molar-refractivity contribution is 5.74. The zero-order chi connectivity index (χ0) is 20.8. The second kappa shape index (κ2) is 9.61. The van der Waals surface area contributed by atoms with Crippen LogP contribution in [0.25, 0.3) is 11.4 Å². The van der Waals surface area contributed by atoms with Gasteiger partial charge in [-0.05, 0) is 37.7 Å². The van der Waals surface area contributed by atoms with E-state index >= 15 is 0 Å². The van der Waals surface area contributed by atoms with Crippen molar-refractivity contribution in [1.29, 1.82) is 0 Å². The predicted octanol–water partition coefficient (Wildman–Crippen LogP) is 4.52. The number of hydrogen-bond acceptors (Lipinski definition) is 2. The van der Waals surface area contributed by atoms with Gasteiger partial charge in [0.25, 0.3) is 0 Å². The van der Waals surface area contributed by atoms with E-state index in [0.29, 0.717) is 12.5 Å². The van der Waals surface area contributed by atoms with Crippen molar-refractivity contribution in [1.82, 2.24) is 19.8 Å². The topological polar surface area (TPSA) is 50.2 Å². The number of aromatic nitrogens is 2. The summed E-state index contributed by atoms with van der Waals surface area (Å²) in [5, 5.41) is 3.10. The summed E-state index contributed by atoms with van der Waals surface area (Å²) in [7, 11) is 0. The normalized spacial score (nSPS) is 16.4. The quantitative estimate of drug-likeness (QED) is 0.659. The van der Waals surface area contributed by atoms with Crippen molar-refractivity contribution in [3.63, 3.8) is 0 Å². The van der Waals surface area contributed by atoms with Crippen molar-refractivity contribution in [2.24, 2.45) is 5.92 Å². The Kier molecular flexibility index (Phi) is 6.47. The van der Waals surface area contributed by atoms with Gasteiger partial charge in [-0.3, -0.25) is 0 Å². The molecule has 2 heterocycles. The van der Waals surface area contributed by atoms with Gasteiger partial charge >= 0.3 is 6.03 Å². The van der Waals surface area contributed by atoms with Gasteiger partial charge in [0.15, 0.2) is 0 Å². The number of amides is 2. The Bertz CT molecular complexity index is 952. The number of piperidine rings is 1. The summed E-state index contributed by atoms with van der Waals surface area (Å²) in [6.45, 7) is 5.30. The van der Waals surface area contributed by atoms with Crippen molar-refractivity contribution >= 4 is 6.03 Å². The highest BCUT2D eigenvalue weighted by Crippen LogP contribution is 2.24. The van der Waals surface area contributed by atoms with Gasteiger partial charge in [0.2, 0.25) is 0 Å². The molecule has 5 heteroatoms. The minimum absolute atomic E-state index is 0.0567. The Morgan fingerprint density at radius 2 is 1.83 bits per heavy atom. The maximum atomic E-state index is 12.7. The molecule has 1 atom stereocenters. The van der Waals surface area contributed by atoms with Crippen molar-refractivity contribution in [3.8, 4) is 11.4 Å². The molecule has 3 aromatic rings. The molecule has 0 bridgehead atoms. The van der Waals surface area contributed by atoms with Crippen LogP contribution in [0.3, 0.4) is 0 Å². The molecule has 1 aromatic heterocycles. The lowest BCUT2D eigenvalue weighted by Crippen LogP contribution is -2.46. The maximum Gasteiger partial charge on any atom is 0.317 e. The first-order chi connectivity index (χ1) is 14.7. The van der Waals surface area contributed by atoms with E-state index in [9.17, 15) is 4.79 Å². The van der Waals surface area contributed by atoms with Gasteiger partial charge in [-0.15, -0.1) is 0 Å². The van der Waals surface area contributed by atoms with Gasteiger partial charge in [0, 0.05) is 43.6 Å². The van der Waals surface area contributed by atoms with Crippen molar-refractivity contribution in [2.45, 2.75) is 32.7 Å². The van der Waals surface area contributed by atoms with Crippen LogP contribution in [0.15, 0.2) is 66.9 Å². The molecule has 0 aliphatic carbocycles. The molecule has 0 spiro atoms. The van der Waals surface area contributed by atoms with Crippen LogP contribution in [-0.4, -0.2) is 40.1 Å². The lowest BCUT2D eigenvalue weighted by molar-refractivity contribution is 0.159. The average Bonchev–Trinajstić information content (AvgIpc) is 3.15. The molecule has 1 aliphatic heterocycles. The van der Waals surface area contributed by atoms with Gasteiger partial charge in [-0.1, -0.05) is 60.7 Å². The Labute approximate surface area is 178 Å². The molecule has 156 valence electrons. The number of carbonyl (C=O) groups is 1. The van der Waals surface area contributed by atoms with Crippen LogP contribution in [0.5, 0.6) is 0 Å².